The molecule has 130 valence electrons. The molecule has 0 radical (unpaired) electrons. The molecule has 5 nitrogen and oxygen atoms in total. The van der Waals surface area contributed by atoms with E-state index in [4.69, 9.17) is 16.3 Å². The van der Waals surface area contributed by atoms with Crippen LogP contribution in [-0.2, 0) is 17.9 Å². The van der Waals surface area contributed by atoms with E-state index in [0.717, 1.165) is 22.6 Å². The average Bonchev–Trinajstić information content (AvgIpc) is 2.99. The first kappa shape index (κ1) is 17.3. The van der Waals surface area contributed by atoms with Gasteiger partial charge in [0.05, 0.1) is 24.1 Å². The van der Waals surface area contributed by atoms with Gasteiger partial charge in [-0.1, -0.05) is 30.7 Å². The summed E-state index contributed by atoms with van der Waals surface area (Å²) >= 11 is 5.88. The molecule has 0 aliphatic rings. The Morgan fingerprint density at radius 3 is 2.72 bits per heavy atom. The molecule has 0 saturated heterocycles. The van der Waals surface area contributed by atoms with Gasteiger partial charge in [-0.25, -0.2) is 4.98 Å². The Morgan fingerprint density at radius 2 is 1.96 bits per heavy atom. The Balaban J connectivity index is 1.73. The zero-order valence-corrected chi connectivity index (χ0v) is 14.8. The fourth-order valence-electron chi connectivity index (χ4n) is 2.60. The minimum Gasteiger partial charge on any atom is -0.492 e. The summed E-state index contributed by atoms with van der Waals surface area (Å²) < 4.78 is 7.87. The number of carbonyl (C=O) groups is 1. The van der Waals surface area contributed by atoms with Crippen molar-refractivity contribution in [3.8, 4) is 5.75 Å². The van der Waals surface area contributed by atoms with Crippen LogP contribution in [0.5, 0.6) is 5.75 Å². The standard InChI is InChI=1S/C19H20ClN3O2/c1-2-19(24)21-13-18-22-16-5-3-4-6-17(16)23(18)11-12-25-15-9-7-14(20)8-10-15/h3-10H,2,11-13H2,1H3,(H,21,24). The minimum atomic E-state index is 0.0102. The van der Waals surface area contributed by atoms with Gasteiger partial charge in [0.2, 0.25) is 5.91 Å². The number of imidazole rings is 1. The van der Waals surface area contributed by atoms with Crippen molar-refractivity contribution in [2.75, 3.05) is 6.61 Å². The normalized spacial score (nSPS) is 10.8. The van der Waals surface area contributed by atoms with E-state index in [0.29, 0.717) is 31.1 Å². The lowest BCUT2D eigenvalue weighted by molar-refractivity contribution is -0.120. The maximum Gasteiger partial charge on any atom is 0.220 e. The third kappa shape index (κ3) is 4.31. The summed E-state index contributed by atoms with van der Waals surface area (Å²) in [6.07, 6.45) is 0.458. The van der Waals surface area contributed by atoms with Crippen molar-refractivity contribution in [3.63, 3.8) is 0 Å². The molecule has 0 fully saturated rings. The van der Waals surface area contributed by atoms with Crippen LogP contribution in [0.15, 0.2) is 48.5 Å². The molecule has 0 atom stereocenters. The van der Waals surface area contributed by atoms with E-state index in [1.54, 1.807) is 12.1 Å². The number of fused-ring (bicyclic) bond motifs is 1. The van der Waals surface area contributed by atoms with Crippen LogP contribution in [0.2, 0.25) is 5.02 Å². The largest absolute Gasteiger partial charge is 0.492 e. The number of hydrogen-bond acceptors (Lipinski definition) is 3. The van der Waals surface area contributed by atoms with Crippen LogP contribution in [-0.4, -0.2) is 22.1 Å². The first-order valence-electron chi connectivity index (χ1n) is 8.26. The van der Waals surface area contributed by atoms with Crippen LogP contribution in [0.1, 0.15) is 19.2 Å². The first-order valence-corrected chi connectivity index (χ1v) is 8.64. The van der Waals surface area contributed by atoms with E-state index < -0.39 is 0 Å². The highest BCUT2D eigenvalue weighted by Gasteiger charge is 2.11. The maximum absolute atomic E-state index is 11.6. The summed E-state index contributed by atoms with van der Waals surface area (Å²) in [6, 6.07) is 15.2. The molecule has 2 aromatic carbocycles. The van der Waals surface area contributed by atoms with E-state index in [-0.39, 0.29) is 5.91 Å². The monoisotopic (exact) mass is 357 g/mol. The number of nitrogens with zero attached hydrogens (tertiary/aromatic N) is 2. The number of aromatic nitrogens is 2. The van der Waals surface area contributed by atoms with Gasteiger partial charge in [0.15, 0.2) is 0 Å². The highest BCUT2D eigenvalue weighted by Crippen LogP contribution is 2.18. The van der Waals surface area contributed by atoms with Crippen molar-refractivity contribution in [2.45, 2.75) is 26.4 Å². The van der Waals surface area contributed by atoms with Crippen molar-refractivity contribution in [1.82, 2.24) is 14.9 Å². The topological polar surface area (TPSA) is 56.2 Å². The molecule has 1 heterocycles. The predicted molar refractivity (Wildman–Crippen MR) is 98.8 cm³/mol. The summed E-state index contributed by atoms with van der Waals surface area (Å²) in [5, 5.41) is 3.57. The number of nitrogens with one attached hydrogen (secondary N) is 1. The summed E-state index contributed by atoms with van der Waals surface area (Å²) in [4.78, 5) is 16.2. The summed E-state index contributed by atoms with van der Waals surface area (Å²) in [5.74, 6) is 1.60. The highest BCUT2D eigenvalue weighted by atomic mass is 35.5. The lowest BCUT2D eigenvalue weighted by Gasteiger charge is -2.11. The second-order valence-electron chi connectivity index (χ2n) is 5.60. The molecular formula is C19H20ClN3O2. The van der Waals surface area contributed by atoms with Crippen molar-refractivity contribution < 1.29 is 9.53 Å². The number of ether oxygens (including phenoxy) is 1. The second-order valence-corrected chi connectivity index (χ2v) is 6.04. The lowest BCUT2D eigenvalue weighted by atomic mass is 10.3. The highest BCUT2D eigenvalue weighted by molar-refractivity contribution is 6.30. The zero-order chi connectivity index (χ0) is 17.6. The Morgan fingerprint density at radius 1 is 1.20 bits per heavy atom. The van der Waals surface area contributed by atoms with Crippen LogP contribution in [0.3, 0.4) is 0 Å². The van der Waals surface area contributed by atoms with Gasteiger partial charge in [-0.3, -0.25) is 4.79 Å². The number of rotatable bonds is 7. The van der Waals surface area contributed by atoms with Crippen molar-refractivity contribution in [3.05, 3.63) is 59.4 Å². The van der Waals surface area contributed by atoms with Crippen LogP contribution in [0.25, 0.3) is 11.0 Å². The second kappa shape index (κ2) is 8.03. The average molecular weight is 358 g/mol. The SMILES string of the molecule is CCC(=O)NCc1nc2ccccc2n1CCOc1ccc(Cl)cc1. The van der Waals surface area contributed by atoms with Crippen molar-refractivity contribution in [1.29, 1.82) is 0 Å². The number of amides is 1. The van der Waals surface area contributed by atoms with Gasteiger partial charge < -0.3 is 14.6 Å². The van der Waals surface area contributed by atoms with Crippen molar-refractivity contribution >= 4 is 28.5 Å². The number of hydrogen-bond donors (Lipinski definition) is 1. The molecule has 3 rings (SSSR count). The fraction of sp³-hybridized carbons (Fsp3) is 0.263. The smallest absolute Gasteiger partial charge is 0.220 e. The third-order valence-electron chi connectivity index (χ3n) is 3.90. The molecule has 0 spiro atoms. The van der Waals surface area contributed by atoms with Gasteiger partial charge in [0.25, 0.3) is 0 Å². The van der Waals surface area contributed by atoms with Crippen LogP contribution >= 0.6 is 11.6 Å². The molecule has 0 unspecified atom stereocenters. The molecule has 0 bridgehead atoms. The third-order valence-corrected chi connectivity index (χ3v) is 4.15. The van der Waals surface area contributed by atoms with Gasteiger partial charge >= 0.3 is 0 Å². The molecule has 6 heteroatoms. The van der Waals surface area contributed by atoms with Gasteiger partial charge in [-0.15, -0.1) is 0 Å². The maximum atomic E-state index is 11.6. The summed E-state index contributed by atoms with van der Waals surface area (Å²) in [5.41, 5.74) is 1.94. The van der Waals surface area contributed by atoms with Crippen LogP contribution in [0, 0.1) is 0 Å². The molecule has 0 aliphatic heterocycles. The first-order chi connectivity index (χ1) is 12.2. The molecular weight excluding hydrogens is 338 g/mol. The van der Waals surface area contributed by atoms with E-state index in [9.17, 15) is 4.79 Å². The Labute approximate surface area is 151 Å². The molecule has 1 N–H and O–H groups in total. The van der Waals surface area contributed by atoms with Gasteiger partial charge in [0.1, 0.15) is 18.2 Å². The van der Waals surface area contributed by atoms with E-state index in [2.05, 4.69) is 14.9 Å². The van der Waals surface area contributed by atoms with E-state index >= 15 is 0 Å². The molecule has 0 aliphatic carbocycles. The number of benzene rings is 2. The number of para-hydroxylation sites is 2. The quantitative estimate of drug-likeness (QED) is 0.699. The molecule has 3 aromatic rings. The van der Waals surface area contributed by atoms with E-state index in [1.165, 1.54) is 0 Å². The van der Waals surface area contributed by atoms with Gasteiger partial charge in [-0.05, 0) is 36.4 Å². The zero-order valence-electron chi connectivity index (χ0n) is 14.0. The Bertz CT molecular complexity index is 859. The minimum absolute atomic E-state index is 0.0102. The Kier molecular flexibility index (Phi) is 5.56. The molecule has 25 heavy (non-hydrogen) atoms. The van der Waals surface area contributed by atoms with E-state index in [1.807, 2.05) is 43.3 Å². The van der Waals surface area contributed by atoms with Gasteiger partial charge in [0, 0.05) is 11.4 Å². The summed E-state index contributed by atoms with van der Waals surface area (Å²) in [7, 11) is 0. The Hall–Kier alpha value is -2.53. The molecule has 1 aromatic heterocycles. The fourth-order valence-corrected chi connectivity index (χ4v) is 2.72. The number of carbonyl (C=O) groups excluding carboxylic acids is 1. The molecule has 0 saturated carbocycles. The van der Waals surface area contributed by atoms with Crippen LogP contribution < -0.4 is 10.1 Å². The van der Waals surface area contributed by atoms with Gasteiger partial charge in [-0.2, -0.15) is 0 Å². The van der Waals surface area contributed by atoms with Crippen LogP contribution in [0.4, 0.5) is 0 Å². The lowest BCUT2D eigenvalue weighted by Crippen LogP contribution is -2.24. The molecule has 1 amide bonds. The van der Waals surface area contributed by atoms with Crippen molar-refractivity contribution in [2.24, 2.45) is 0 Å². The number of halogens is 1. The summed E-state index contributed by atoms with van der Waals surface area (Å²) in [6.45, 7) is 3.37. The predicted octanol–water partition coefficient (Wildman–Crippen LogP) is 3.79.